The number of rotatable bonds is 3. The highest BCUT2D eigenvalue weighted by Crippen LogP contribution is 2.27. The second kappa shape index (κ2) is 4.64. The molecule has 1 aromatic rings. The van der Waals surface area contributed by atoms with Crippen molar-refractivity contribution in [3.05, 3.63) is 29.3 Å². The lowest BCUT2D eigenvalue weighted by atomic mass is 10.00. The van der Waals surface area contributed by atoms with Gasteiger partial charge >= 0.3 is 0 Å². The summed E-state index contributed by atoms with van der Waals surface area (Å²) in [5, 5.41) is 3.09. The van der Waals surface area contributed by atoms with Crippen molar-refractivity contribution in [1.29, 1.82) is 0 Å². The standard InChI is InChI=1S/C12H18N2O/c1-14-8-11(13)9-4-5-12-10(7-9)3-2-6-15-12/h4-5,7,11,14H,2-3,6,8,13H2,1H3. The number of nitrogens with one attached hydrogen (secondary N) is 1. The summed E-state index contributed by atoms with van der Waals surface area (Å²) in [7, 11) is 1.92. The lowest BCUT2D eigenvalue weighted by molar-refractivity contribution is 0.288. The smallest absolute Gasteiger partial charge is 0.122 e. The zero-order valence-corrected chi connectivity index (χ0v) is 9.12. The number of hydrogen-bond donors (Lipinski definition) is 2. The maximum absolute atomic E-state index is 6.04. The van der Waals surface area contributed by atoms with Crippen LogP contribution in [-0.4, -0.2) is 20.2 Å². The fourth-order valence-corrected chi connectivity index (χ4v) is 1.95. The third-order valence-electron chi connectivity index (χ3n) is 2.78. The van der Waals surface area contributed by atoms with Gasteiger partial charge < -0.3 is 15.8 Å². The molecule has 0 saturated carbocycles. The Bertz CT molecular complexity index is 338. The predicted octanol–water partition coefficient (Wildman–Crippen LogP) is 1.23. The van der Waals surface area contributed by atoms with E-state index in [9.17, 15) is 0 Å². The molecular weight excluding hydrogens is 188 g/mol. The molecule has 3 nitrogen and oxygen atoms in total. The zero-order chi connectivity index (χ0) is 10.7. The van der Waals surface area contributed by atoms with Crippen molar-refractivity contribution < 1.29 is 4.74 Å². The first-order chi connectivity index (χ1) is 7.31. The molecule has 0 aliphatic carbocycles. The summed E-state index contributed by atoms with van der Waals surface area (Å²) in [5.41, 5.74) is 8.52. The first-order valence-corrected chi connectivity index (χ1v) is 5.47. The van der Waals surface area contributed by atoms with Crippen molar-refractivity contribution in [1.82, 2.24) is 5.32 Å². The second-order valence-electron chi connectivity index (χ2n) is 3.98. The Morgan fingerprint density at radius 3 is 3.20 bits per heavy atom. The van der Waals surface area contributed by atoms with Crippen molar-refractivity contribution >= 4 is 0 Å². The Kier molecular flexibility index (Phi) is 3.23. The number of hydrogen-bond acceptors (Lipinski definition) is 3. The zero-order valence-electron chi connectivity index (χ0n) is 9.12. The van der Waals surface area contributed by atoms with E-state index in [0.29, 0.717) is 0 Å². The first kappa shape index (κ1) is 10.5. The molecule has 2 rings (SSSR count). The van der Waals surface area contributed by atoms with Crippen LogP contribution in [0.5, 0.6) is 5.75 Å². The number of benzene rings is 1. The van der Waals surface area contributed by atoms with Gasteiger partial charge in [-0.25, -0.2) is 0 Å². The molecule has 1 aromatic carbocycles. The molecule has 0 spiro atoms. The summed E-state index contributed by atoms with van der Waals surface area (Å²) in [6.07, 6.45) is 2.22. The summed E-state index contributed by atoms with van der Waals surface area (Å²) in [5.74, 6) is 1.03. The van der Waals surface area contributed by atoms with Gasteiger partial charge in [0, 0.05) is 12.6 Å². The van der Waals surface area contributed by atoms with Gasteiger partial charge in [-0.05, 0) is 37.1 Å². The molecule has 1 heterocycles. The second-order valence-corrected chi connectivity index (χ2v) is 3.98. The number of likely N-dealkylation sites (N-methyl/N-ethyl adjacent to an activating group) is 1. The molecule has 1 aliphatic rings. The topological polar surface area (TPSA) is 47.3 Å². The van der Waals surface area contributed by atoms with Crippen LogP contribution >= 0.6 is 0 Å². The highest BCUT2D eigenvalue weighted by molar-refractivity contribution is 5.39. The summed E-state index contributed by atoms with van der Waals surface area (Å²) >= 11 is 0. The number of fused-ring (bicyclic) bond motifs is 1. The van der Waals surface area contributed by atoms with Crippen LogP contribution in [0.25, 0.3) is 0 Å². The van der Waals surface area contributed by atoms with Crippen LogP contribution in [0.2, 0.25) is 0 Å². The molecular formula is C12H18N2O. The normalized spacial score (nSPS) is 16.7. The van der Waals surface area contributed by atoms with E-state index in [0.717, 1.165) is 31.7 Å². The molecule has 0 radical (unpaired) electrons. The van der Waals surface area contributed by atoms with Crippen molar-refractivity contribution in [3.8, 4) is 5.75 Å². The van der Waals surface area contributed by atoms with Gasteiger partial charge in [0.1, 0.15) is 5.75 Å². The van der Waals surface area contributed by atoms with Crippen molar-refractivity contribution in [2.24, 2.45) is 5.73 Å². The summed E-state index contributed by atoms with van der Waals surface area (Å²) in [6.45, 7) is 1.65. The third kappa shape index (κ3) is 2.30. The fraction of sp³-hybridized carbons (Fsp3) is 0.500. The molecule has 1 atom stereocenters. The Morgan fingerprint density at radius 2 is 2.40 bits per heavy atom. The lowest BCUT2D eigenvalue weighted by Crippen LogP contribution is -2.24. The maximum Gasteiger partial charge on any atom is 0.122 e. The van der Waals surface area contributed by atoms with Crippen LogP contribution in [0, 0.1) is 0 Å². The van der Waals surface area contributed by atoms with Crippen LogP contribution in [0.4, 0.5) is 0 Å². The summed E-state index contributed by atoms with van der Waals surface area (Å²) < 4.78 is 5.56. The van der Waals surface area contributed by atoms with Crippen LogP contribution in [-0.2, 0) is 6.42 Å². The van der Waals surface area contributed by atoms with Crippen LogP contribution < -0.4 is 15.8 Å². The van der Waals surface area contributed by atoms with E-state index in [1.165, 1.54) is 11.1 Å². The van der Waals surface area contributed by atoms with E-state index in [2.05, 4.69) is 17.4 Å². The molecule has 3 N–H and O–H groups in total. The number of nitrogens with two attached hydrogens (primary N) is 1. The Morgan fingerprint density at radius 1 is 1.53 bits per heavy atom. The molecule has 0 aromatic heterocycles. The van der Waals surface area contributed by atoms with Crippen LogP contribution in [0.3, 0.4) is 0 Å². The highest BCUT2D eigenvalue weighted by atomic mass is 16.5. The SMILES string of the molecule is CNCC(N)c1ccc2c(c1)CCCO2. The Balaban J connectivity index is 2.20. The van der Waals surface area contributed by atoms with E-state index >= 15 is 0 Å². The van der Waals surface area contributed by atoms with E-state index in [1.54, 1.807) is 0 Å². The summed E-state index contributed by atoms with van der Waals surface area (Å²) in [4.78, 5) is 0. The Labute approximate surface area is 90.6 Å². The fourth-order valence-electron chi connectivity index (χ4n) is 1.95. The van der Waals surface area contributed by atoms with Crippen molar-refractivity contribution in [2.45, 2.75) is 18.9 Å². The Hall–Kier alpha value is -1.06. The van der Waals surface area contributed by atoms with Crippen molar-refractivity contribution in [3.63, 3.8) is 0 Å². The monoisotopic (exact) mass is 206 g/mol. The quantitative estimate of drug-likeness (QED) is 0.782. The van der Waals surface area contributed by atoms with Crippen LogP contribution in [0.15, 0.2) is 18.2 Å². The molecule has 1 aliphatic heterocycles. The minimum Gasteiger partial charge on any atom is -0.493 e. The molecule has 0 saturated heterocycles. The van der Waals surface area contributed by atoms with Gasteiger partial charge in [0.25, 0.3) is 0 Å². The molecule has 15 heavy (non-hydrogen) atoms. The molecule has 3 heteroatoms. The number of ether oxygens (including phenoxy) is 1. The molecule has 0 bridgehead atoms. The van der Waals surface area contributed by atoms with E-state index in [4.69, 9.17) is 10.5 Å². The van der Waals surface area contributed by atoms with Gasteiger partial charge in [0.05, 0.1) is 6.61 Å². The van der Waals surface area contributed by atoms with Gasteiger partial charge in [-0.2, -0.15) is 0 Å². The molecule has 0 fully saturated rings. The largest absolute Gasteiger partial charge is 0.493 e. The third-order valence-corrected chi connectivity index (χ3v) is 2.78. The summed E-state index contributed by atoms with van der Waals surface area (Å²) in [6, 6.07) is 6.35. The molecule has 1 unspecified atom stereocenters. The van der Waals surface area contributed by atoms with Gasteiger partial charge in [0.15, 0.2) is 0 Å². The van der Waals surface area contributed by atoms with E-state index in [1.807, 2.05) is 13.1 Å². The minimum absolute atomic E-state index is 0.0715. The van der Waals surface area contributed by atoms with E-state index < -0.39 is 0 Å². The molecule has 0 amide bonds. The average Bonchev–Trinajstić information content (AvgIpc) is 2.29. The van der Waals surface area contributed by atoms with Gasteiger partial charge in [-0.1, -0.05) is 12.1 Å². The van der Waals surface area contributed by atoms with Crippen molar-refractivity contribution in [2.75, 3.05) is 20.2 Å². The minimum atomic E-state index is 0.0715. The maximum atomic E-state index is 6.04. The highest BCUT2D eigenvalue weighted by Gasteiger charge is 2.12. The number of aryl methyl sites for hydroxylation is 1. The first-order valence-electron chi connectivity index (χ1n) is 5.47. The van der Waals surface area contributed by atoms with Gasteiger partial charge in [0.2, 0.25) is 0 Å². The molecule has 82 valence electrons. The van der Waals surface area contributed by atoms with E-state index in [-0.39, 0.29) is 6.04 Å². The van der Waals surface area contributed by atoms with Gasteiger partial charge in [-0.3, -0.25) is 0 Å². The average molecular weight is 206 g/mol. The lowest BCUT2D eigenvalue weighted by Gasteiger charge is -2.19. The predicted molar refractivity (Wildman–Crippen MR) is 61.1 cm³/mol. The van der Waals surface area contributed by atoms with Crippen LogP contribution in [0.1, 0.15) is 23.6 Å². The van der Waals surface area contributed by atoms with Gasteiger partial charge in [-0.15, -0.1) is 0 Å².